The molecule has 1 aromatic heterocycles. The summed E-state index contributed by atoms with van der Waals surface area (Å²) < 4.78 is 5.93. The van der Waals surface area contributed by atoms with E-state index in [0.717, 1.165) is 43.2 Å². The maximum absolute atomic E-state index is 12.8. The molecule has 6 nitrogen and oxygen atoms in total. The van der Waals surface area contributed by atoms with E-state index >= 15 is 0 Å². The molecule has 3 heterocycles. The number of fused-ring (bicyclic) bond motifs is 1. The Bertz CT molecular complexity index is 771. The van der Waals surface area contributed by atoms with Gasteiger partial charge >= 0.3 is 0 Å². The average molecular weight is 338 g/mol. The van der Waals surface area contributed by atoms with E-state index in [1.165, 1.54) is 5.56 Å². The van der Waals surface area contributed by atoms with E-state index in [9.17, 15) is 4.79 Å². The number of anilines is 1. The molecule has 0 spiro atoms. The first-order valence-corrected chi connectivity index (χ1v) is 8.68. The van der Waals surface area contributed by atoms with Gasteiger partial charge in [-0.05, 0) is 43.5 Å². The second kappa shape index (κ2) is 6.35. The fraction of sp³-hybridized carbons (Fsp3) is 0.421. The number of benzene rings is 1. The van der Waals surface area contributed by atoms with E-state index in [1.54, 1.807) is 0 Å². The summed E-state index contributed by atoms with van der Waals surface area (Å²) in [7, 11) is 1.87. The highest BCUT2D eigenvalue weighted by Gasteiger charge is 2.37. The normalized spacial score (nSPS) is 19.6. The smallest absolute Gasteiger partial charge is 0.263 e. The molecule has 0 N–H and O–H groups in total. The van der Waals surface area contributed by atoms with Gasteiger partial charge in [0.15, 0.2) is 11.9 Å². The number of likely N-dealkylation sites (N-methyl/N-ethyl adjacent to an activating group) is 1. The van der Waals surface area contributed by atoms with E-state index in [1.807, 2.05) is 49.2 Å². The zero-order valence-corrected chi connectivity index (χ0v) is 14.6. The molecule has 6 heteroatoms. The second-order valence-electron chi connectivity index (χ2n) is 6.79. The van der Waals surface area contributed by atoms with Crippen molar-refractivity contribution in [3.8, 4) is 5.75 Å². The van der Waals surface area contributed by atoms with Crippen molar-refractivity contribution in [2.75, 3.05) is 25.0 Å². The zero-order chi connectivity index (χ0) is 17.4. The number of rotatable bonds is 3. The average Bonchev–Trinajstić information content (AvgIpc) is 2.61. The lowest BCUT2D eigenvalue weighted by atomic mass is 10.0. The Morgan fingerprint density at radius 3 is 2.76 bits per heavy atom. The molecule has 130 valence electrons. The molecule has 4 rings (SSSR count). The Balaban J connectivity index is 1.35. The molecule has 2 aliphatic heterocycles. The minimum absolute atomic E-state index is 0.0640. The SMILES string of the molecule is Cc1ccc(N2CC(N(C)C(=O)C3CCc4ccccc4O3)C2)nn1. The van der Waals surface area contributed by atoms with Crippen LogP contribution >= 0.6 is 0 Å². The Labute approximate surface area is 147 Å². The highest BCUT2D eigenvalue weighted by atomic mass is 16.5. The molecule has 1 atom stereocenters. The topological polar surface area (TPSA) is 58.6 Å². The van der Waals surface area contributed by atoms with Crippen molar-refractivity contribution in [2.24, 2.45) is 0 Å². The number of aromatic nitrogens is 2. The van der Waals surface area contributed by atoms with Gasteiger partial charge in [-0.25, -0.2) is 0 Å². The number of ether oxygens (including phenoxy) is 1. The van der Waals surface area contributed by atoms with Crippen LogP contribution in [0.15, 0.2) is 36.4 Å². The Hall–Kier alpha value is -2.63. The largest absolute Gasteiger partial charge is 0.480 e. The molecule has 0 saturated carbocycles. The monoisotopic (exact) mass is 338 g/mol. The summed E-state index contributed by atoms with van der Waals surface area (Å²) in [5.74, 6) is 1.77. The minimum Gasteiger partial charge on any atom is -0.480 e. The summed E-state index contributed by atoms with van der Waals surface area (Å²) in [6.45, 7) is 3.48. The third kappa shape index (κ3) is 3.04. The van der Waals surface area contributed by atoms with Crippen LogP contribution in [-0.2, 0) is 11.2 Å². The van der Waals surface area contributed by atoms with Crippen LogP contribution < -0.4 is 9.64 Å². The molecule has 0 radical (unpaired) electrons. The third-order valence-electron chi connectivity index (χ3n) is 5.06. The van der Waals surface area contributed by atoms with Gasteiger partial charge in [0.25, 0.3) is 5.91 Å². The zero-order valence-electron chi connectivity index (χ0n) is 14.6. The minimum atomic E-state index is -0.381. The standard InChI is InChI=1S/C19H22N4O2/c1-13-7-10-18(21-20-13)23-11-15(12-23)22(2)19(24)17-9-8-14-5-3-4-6-16(14)25-17/h3-7,10,15,17H,8-9,11-12H2,1-2H3. The van der Waals surface area contributed by atoms with E-state index in [4.69, 9.17) is 4.74 Å². The summed E-state index contributed by atoms with van der Waals surface area (Å²) in [6.07, 6.45) is 1.24. The first-order valence-electron chi connectivity index (χ1n) is 8.68. The quantitative estimate of drug-likeness (QED) is 0.854. The second-order valence-corrected chi connectivity index (χ2v) is 6.79. The van der Waals surface area contributed by atoms with Crippen molar-refractivity contribution in [1.82, 2.24) is 15.1 Å². The van der Waals surface area contributed by atoms with Gasteiger partial charge in [-0.3, -0.25) is 4.79 Å². The molecule has 1 saturated heterocycles. The van der Waals surface area contributed by atoms with Crippen molar-refractivity contribution in [3.63, 3.8) is 0 Å². The molecule has 25 heavy (non-hydrogen) atoms. The van der Waals surface area contributed by atoms with Crippen molar-refractivity contribution < 1.29 is 9.53 Å². The molecular weight excluding hydrogens is 316 g/mol. The lowest BCUT2D eigenvalue weighted by Gasteiger charge is -2.45. The molecular formula is C19H22N4O2. The van der Waals surface area contributed by atoms with Crippen LogP contribution in [0, 0.1) is 6.92 Å². The summed E-state index contributed by atoms with van der Waals surface area (Å²) >= 11 is 0. The van der Waals surface area contributed by atoms with Crippen LogP contribution in [0.1, 0.15) is 17.7 Å². The van der Waals surface area contributed by atoms with Crippen LogP contribution in [0.5, 0.6) is 5.75 Å². The maximum Gasteiger partial charge on any atom is 0.263 e. The molecule has 2 aromatic rings. The summed E-state index contributed by atoms with van der Waals surface area (Å²) in [5, 5.41) is 8.29. The number of aryl methyl sites for hydroxylation is 2. The number of amides is 1. The number of hydrogen-bond donors (Lipinski definition) is 0. The third-order valence-corrected chi connectivity index (χ3v) is 5.06. The van der Waals surface area contributed by atoms with Gasteiger partial charge in [-0.1, -0.05) is 18.2 Å². The van der Waals surface area contributed by atoms with E-state index in [2.05, 4.69) is 21.2 Å². The molecule has 0 aliphatic carbocycles. The van der Waals surface area contributed by atoms with E-state index in [0.29, 0.717) is 0 Å². The van der Waals surface area contributed by atoms with Crippen LogP contribution in [-0.4, -0.2) is 53.3 Å². The van der Waals surface area contributed by atoms with Gasteiger partial charge in [0, 0.05) is 20.1 Å². The molecule has 2 aliphatic rings. The molecule has 0 bridgehead atoms. The van der Waals surface area contributed by atoms with Crippen LogP contribution in [0.3, 0.4) is 0 Å². The van der Waals surface area contributed by atoms with Gasteiger partial charge in [0.2, 0.25) is 0 Å². The lowest BCUT2D eigenvalue weighted by molar-refractivity contribution is -0.140. The van der Waals surface area contributed by atoms with Crippen LogP contribution in [0.2, 0.25) is 0 Å². The predicted octanol–water partition coefficient (Wildman–Crippen LogP) is 1.83. The van der Waals surface area contributed by atoms with Gasteiger partial charge in [0.05, 0.1) is 11.7 Å². The van der Waals surface area contributed by atoms with Gasteiger partial charge in [-0.2, -0.15) is 5.10 Å². The maximum atomic E-state index is 12.8. The Morgan fingerprint density at radius 2 is 2.00 bits per heavy atom. The van der Waals surface area contributed by atoms with E-state index in [-0.39, 0.29) is 18.1 Å². The number of hydrogen-bond acceptors (Lipinski definition) is 5. The number of nitrogens with zero attached hydrogens (tertiary/aromatic N) is 4. The lowest BCUT2D eigenvalue weighted by Crippen LogP contribution is -2.62. The first-order chi connectivity index (χ1) is 12.1. The molecule has 1 amide bonds. The van der Waals surface area contributed by atoms with E-state index < -0.39 is 0 Å². The number of para-hydroxylation sites is 1. The van der Waals surface area contributed by atoms with Gasteiger partial charge in [0.1, 0.15) is 5.75 Å². The van der Waals surface area contributed by atoms with Crippen LogP contribution in [0.25, 0.3) is 0 Å². The highest BCUT2D eigenvalue weighted by molar-refractivity contribution is 5.82. The number of carbonyl (C=O) groups is 1. The van der Waals surface area contributed by atoms with Crippen LogP contribution in [0.4, 0.5) is 5.82 Å². The summed E-state index contributed by atoms with van der Waals surface area (Å²) in [4.78, 5) is 16.8. The van der Waals surface area contributed by atoms with Crippen molar-refractivity contribution >= 4 is 11.7 Å². The summed E-state index contributed by atoms with van der Waals surface area (Å²) in [6, 6.07) is 12.1. The first kappa shape index (κ1) is 15.9. The predicted molar refractivity (Wildman–Crippen MR) is 94.7 cm³/mol. The van der Waals surface area contributed by atoms with Gasteiger partial charge < -0.3 is 14.5 Å². The number of carbonyl (C=O) groups excluding carboxylic acids is 1. The van der Waals surface area contributed by atoms with Crippen molar-refractivity contribution in [3.05, 3.63) is 47.7 Å². The summed E-state index contributed by atoms with van der Waals surface area (Å²) in [5.41, 5.74) is 2.09. The molecule has 1 fully saturated rings. The fourth-order valence-corrected chi connectivity index (χ4v) is 3.35. The Morgan fingerprint density at radius 1 is 1.20 bits per heavy atom. The highest BCUT2D eigenvalue weighted by Crippen LogP contribution is 2.29. The van der Waals surface area contributed by atoms with Crippen molar-refractivity contribution in [1.29, 1.82) is 0 Å². The molecule has 1 aromatic carbocycles. The molecule has 1 unspecified atom stereocenters. The van der Waals surface area contributed by atoms with Crippen molar-refractivity contribution in [2.45, 2.75) is 31.9 Å². The van der Waals surface area contributed by atoms with Gasteiger partial charge in [-0.15, -0.1) is 5.10 Å². The Kier molecular flexibility index (Phi) is 4.03. The fourth-order valence-electron chi connectivity index (χ4n) is 3.35.